The second kappa shape index (κ2) is 6.81. The van der Waals surface area contributed by atoms with Crippen LogP contribution in [0.5, 0.6) is 0 Å². The Labute approximate surface area is 123 Å². The van der Waals surface area contributed by atoms with E-state index in [2.05, 4.69) is 52.7 Å². The topological polar surface area (TPSA) is 68.5 Å². The lowest BCUT2D eigenvalue weighted by Gasteiger charge is -2.20. The highest BCUT2D eigenvalue weighted by Crippen LogP contribution is 2.18. The van der Waals surface area contributed by atoms with E-state index in [0.717, 1.165) is 24.0 Å². The number of pyridine rings is 1. The van der Waals surface area contributed by atoms with E-state index in [-0.39, 0.29) is 5.54 Å². The van der Waals surface area contributed by atoms with Crippen molar-refractivity contribution >= 4 is 11.8 Å². The van der Waals surface area contributed by atoms with Crippen molar-refractivity contribution in [3.05, 3.63) is 30.1 Å². The fourth-order valence-corrected chi connectivity index (χ4v) is 2.45. The van der Waals surface area contributed by atoms with Crippen molar-refractivity contribution in [3.63, 3.8) is 0 Å². The number of thioether (sulfide) groups is 1. The molecule has 108 valence electrons. The lowest BCUT2D eigenvalue weighted by atomic mass is 10.1. The third-order valence-electron chi connectivity index (χ3n) is 2.57. The molecule has 2 heterocycles. The van der Waals surface area contributed by atoms with Crippen LogP contribution in [0.2, 0.25) is 0 Å². The smallest absolute Gasteiger partial charge is 0.209 e. The molecule has 0 saturated heterocycles. The molecule has 0 amide bonds. The van der Waals surface area contributed by atoms with E-state index < -0.39 is 0 Å². The summed E-state index contributed by atoms with van der Waals surface area (Å²) in [5.74, 6) is 0.820. The molecule has 0 atom stereocenters. The first-order chi connectivity index (χ1) is 9.54. The molecule has 0 aliphatic heterocycles. The molecule has 6 nitrogen and oxygen atoms in total. The highest BCUT2D eigenvalue weighted by atomic mass is 32.2. The number of nitrogens with one attached hydrogen (secondary N) is 1. The molecular formula is C13H20N6S. The van der Waals surface area contributed by atoms with Gasteiger partial charge in [-0.2, -0.15) is 0 Å². The van der Waals surface area contributed by atoms with Crippen LogP contribution in [0.15, 0.2) is 29.7 Å². The minimum atomic E-state index is 0.108. The molecule has 0 aliphatic rings. The van der Waals surface area contributed by atoms with E-state index in [1.807, 2.05) is 16.9 Å². The maximum Gasteiger partial charge on any atom is 0.209 e. The van der Waals surface area contributed by atoms with Crippen molar-refractivity contribution in [3.8, 4) is 0 Å². The minimum Gasteiger partial charge on any atom is -0.310 e. The average molecular weight is 292 g/mol. The number of hydrogen-bond donors (Lipinski definition) is 1. The third kappa shape index (κ3) is 4.90. The lowest BCUT2D eigenvalue weighted by molar-refractivity contribution is 0.396. The maximum atomic E-state index is 4.10. The second-order valence-corrected chi connectivity index (χ2v) is 6.45. The van der Waals surface area contributed by atoms with Crippen LogP contribution in [-0.4, -0.2) is 37.3 Å². The average Bonchev–Trinajstić information content (AvgIpc) is 2.84. The number of tetrazole rings is 1. The van der Waals surface area contributed by atoms with E-state index in [0.29, 0.717) is 0 Å². The summed E-state index contributed by atoms with van der Waals surface area (Å²) in [5, 5.41) is 16.1. The molecule has 1 N–H and O–H groups in total. The maximum absolute atomic E-state index is 4.10. The van der Waals surface area contributed by atoms with Crippen molar-refractivity contribution in [2.24, 2.45) is 0 Å². The largest absolute Gasteiger partial charge is 0.310 e. The highest BCUT2D eigenvalue weighted by Gasteiger charge is 2.10. The van der Waals surface area contributed by atoms with Crippen molar-refractivity contribution in [1.29, 1.82) is 0 Å². The molecule has 0 fully saturated rings. The summed E-state index contributed by atoms with van der Waals surface area (Å²) in [7, 11) is 0. The Morgan fingerprint density at radius 2 is 2.20 bits per heavy atom. The van der Waals surface area contributed by atoms with Crippen molar-refractivity contribution in [1.82, 2.24) is 30.5 Å². The molecule has 2 aromatic rings. The van der Waals surface area contributed by atoms with Gasteiger partial charge in [-0.05, 0) is 42.8 Å². The Morgan fingerprint density at radius 3 is 2.90 bits per heavy atom. The zero-order valence-electron chi connectivity index (χ0n) is 12.1. The zero-order chi connectivity index (χ0) is 14.4. The van der Waals surface area contributed by atoms with Gasteiger partial charge in [-0.15, -0.1) is 5.10 Å². The van der Waals surface area contributed by atoms with Gasteiger partial charge in [0, 0.05) is 30.2 Å². The van der Waals surface area contributed by atoms with Gasteiger partial charge in [-0.25, -0.2) is 4.68 Å². The van der Waals surface area contributed by atoms with Gasteiger partial charge < -0.3 is 5.32 Å². The molecule has 0 unspecified atom stereocenters. The molecule has 2 rings (SSSR count). The first-order valence-electron chi connectivity index (χ1n) is 6.57. The number of hydrogen-bond acceptors (Lipinski definition) is 6. The van der Waals surface area contributed by atoms with Crippen molar-refractivity contribution in [2.75, 3.05) is 6.54 Å². The number of nitrogens with zero attached hydrogens (tertiary/aromatic N) is 5. The van der Waals surface area contributed by atoms with E-state index in [9.17, 15) is 0 Å². The molecule has 0 saturated carbocycles. The van der Waals surface area contributed by atoms with Gasteiger partial charge in [-0.3, -0.25) is 4.98 Å². The van der Waals surface area contributed by atoms with E-state index in [1.165, 1.54) is 5.56 Å². The SMILES string of the molecule is CC(C)(C)NCCn1nnnc1SCc1cccnc1. The molecule has 0 aliphatic carbocycles. The summed E-state index contributed by atoms with van der Waals surface area (Å²) < 4.78 is 1.83. The summed E-state index contributed by atoms with van der Waals surface area (Å²) in [5.41, 5.74) is 1.27. The van der Waals surface area contributed by atoms with E-state index >= 15 is 0 Å². The highest BCUT2D eigenvalue weighted by molar-refractivity contribution is 7.98. The normalized spacial score (nSPS) is 11.8. The van der Waals surface area contributed by atoms with Gasteiger partial charge in [-0.1, -0.05) is 17.8 Å². The standard InChI is InChI=1S/C13H20N6S/c1-13(2,3)15-7-8-19-12(16-17-18-19)20-10-11-5-4-6-14-9-11/h4-6,9,15H,7-8,10H2,1-3H3. The molecule has 7 heteroatoms. The molecule has 0 bridgehead atoms. The van der Waals surface area contributed by atoms with Gasteiger partial charge in [0.1, 0.15) is 0 Å². The van der Waals surface area contributed by atoms with Crippen LogP contribution in [0.3, 0.4) is 0 Å². The summed E-state index contributed by atoms with van der Waals surface area (Å²) in [6, 6.07) is 3.99. The van der Waals surface area contributed by atoms with Gasteiger partial charge >= 0.3 is 0 Å². The van der Waals surface area contributed by atoms with Crippen LogP contribution in [0.4, 0.5) is 0 Å². The van der Waals surface area contributed by atoms with Gasteiger partial charge in [0.2, 0.25) is 5.16 Å². The van der Waals surface area contributed by atoms with Crippen molar-refractivity contribution < 1.29 is 0 Å². The zero-order valence-corrected chi connectivity index (χ0v) is 12.9. The Morgan fingerprint density at radius 1 is 1.35 bits per heavy atom. The minimum absolute atomic E-state index is 0.108. The van der Waals surface area contributed by atoms with E-state index in [1.54, 1.807) is 18.0 Å². The third-order valence-corrected chi connectivity index (χ3v) is 3.60. The first-order valence-corrected chi connectivity index (χ1v) is 7.56. The predicted octanol–water partition coefficient (Wildman–Crippen LogP) is 1.75. The lowest BCUT2D eigenvalue weighted by Crippen LogP contribution is -2.38. The predicted molar refractivity (Wildman–Crippen MR) is 79.4 cm³/mol. The van der Waals surface area contributed by atoms with Gasteiger partial charge in [0.15, 0.2) is 0 Å². The molecule has 0 radical (unpaired) electrons. The molecular weight excluding hydrogens is 272 g/mol. The molecule has 20 heavy (non-hydrogen) atoms. The summed E-state index contributed by atoms with van der Waals surface area (Å²) in [4.78, 5) is 4.10. The Kier molecular flexibility index (Phi) is 5.08. The molecule has 0 aromatic carbocycles. The fourth-order valence-electron chi connectivity index (χ4n) is 1.61. The Balaban J connectivity index is 1.85. The number of aromatic nitrogens is 5. The molecule has 2 aromatic heterocycles. The second-order valence-electron chi connectivity index (χ2n) is 5.51. The fraction of sp³-hybridized carbons (Fsp3) is 0.538. The van der Waals surface area contributed by atoms with Crippen LogP contribution in [0, 0.1) is 0 Å². The van der Waals surface area contributed by atoms with Crippen LogP contribution in [-0.2, 0) is 12.3 Å². The van der Waals surface area contributed by atoms with Crippen LogP contribution in [0.25, 0.3) is 0 Å². The van der Waals surface area contributed by atoms with Crippen molar-refractivity contribution in [2.45, 2.75) is 43.8 Å². The van der Waals surface area contributed by atoms with Crippen LogP contribution in [0.1, 0.15) is 26.3 Å². The molecule has 0 spiro atoms. The number of rotatable bonds is 6. The first kappa shape index (κ1) is 14.9. The monoisotopic (exact) mass is 292 g/mol. The summed E-state index contributed by atoms with van der Waals surface area (Å²) in [6.45, 7) is 8.04. The van der Waals surface area contributed by atoms with Gasteiger partial charge in [0.25, 0.3) is 0 Å². The van der Waals surface area contributed by atoms with Crippen LogP contribution >= 0.6 is 11.8 Å². The summed E-state index contributed by atoms with van der Waals surface area (Å²) >= 11 is 1.62. The Hall–Kier alpha value is -1.47. The quantitative estimate of drug-likeness (QED) is 0.818. The van der Waals surface area contributed by atoms with Crippen LogP contribution < -0.4 is 5.32 Å². The summed E-state index contributed by atoms with van der Waals surface area (Å²) in [6.07, 6.45) is 3.64. The van der Waals surface area contributed by atoms with E-state index in [4.69, 9.17) is 0 Å². The van der Waals surface area contributed by atoms with Gasteiger partial charge in [0.05, 0.1) is 6.54 Å². The Bertz CT molecular complexity index is 519.